The first-order chi connectivity index (χ1) is 11.7. The number of hydrogen-bond donors (Lipinski definition) is 2. The van der Waals surface area contributed by atoms with E-state index in [1.165, 1.54) is 7.11 Å². The van der Waals surface area contributed by atoms with Gasteiger partial charge in [0.05, 0.1) is 19.3 Å². The number of aliphatic carboxylic acids is 1. The summed E-state index contributed by atoms with van der Waals surface area (Å²) in [4.78, 5) is 28.0. The van der Waals surface area contributed by atoms with E-state index in [9.17, 15) is 14.7 Å². The number of carboxylic acid groups (broad SMARTS) is 1. The summed E-state index contributed by atoms with van der Waals surface area (Å²) < 4.78 is 5.04. The van der Waals surface area contributed by atoms with Crippen LogP contribution in [0.5, 0.6) is 5.75 Å². The zero-order valence-corrected chi connectivity index (χ0v) is 13.1. The van der Waals surface area contributed by atoms with Gasteiger partial charge in [-0.1, -0.05) is 42.5 Å². The quantitative estimate of drug-likeness (QED) is 0.570. The second-order valence-corrected chi connectivity index (χ2v) is 4.91. The maximum absolute atomic E-state index is 11.5. The highest BCUT2D eigenvalue weighted by molar-refractivity contribution is 6.01. The molecule has 0 saturated carbocycles. The van der Waals surface area contributed by atoms with E-state index in [4.69, 9.17) is 9.57 Å². The molecule has 0 amide bonds. The third-order valence-corrected chi connectivity index (χ3v) is 3.33. The summed E-state index contributed by atoms with van der Waals surface area (Å²) in [5.41, 5.74) is 3.65. The van der Waals surface area contributed by atoms with E-state index in [2.05, 4.69) is 5.48 Å². The number of ether oxygens (including phenoxy) is 1. The van der Waals surface area contributed by atoms with Crippen molar-refractivity contribution in [1.82, 2.24) is 5.48 Å². The van der Waals surface area contributed by atoms with Crippen LogP contribution in [0.3, 0.4) is 0 Å². The molecule has 1 atom stereocenters. The molecule has 0 unspecified atom stereocenters. The number of rotatable bonds is 8. The molecule has 2 aromatic rings. The van der Waals surface area contributed by atoms with Gasteiger partial charge in [-0.3, -0.25) is 9.63 Å². The van der Waals surface area contributed by atoms with E-state index in [0.717, 1.165) is 5.56 Å². The molecule has 0 saturated heterocycles. The Kier molecular flexibility index (Phi) is 6.28. The summed E-state index contributed by atoms with van der Waals surface area (Å²) in [7, 11) is 1.52. The highest BCUT2D eigenvalue weighted by Crippen LogP contribution is 2.20. The zero-order valence-electron chi connectivity index (χ0n) is 13.1. The Balaban J connectivity index is 2.09. The van der Waals surface area contributed by atoms with Crippen molar-refractivity contribution in [3.8, 4) is 5.75 Å². The molecule has 0 heterocycles. The lowest BCUT2D eigenvalue weighted by molar-refractivity contribution is -0.142. The van der Waals surface area contributed by atoms with E-state index in [1.54, 1.807) is 30.2 Å². The molecule has 2 rings (SSSR count). The lowest BCUT2D eigenvalue weighted by Crippen LogP contribution is -2.37. The molecule has 0 aliphatic heterocycles. The number of carboxylic acids is 1. The summed E-state index contributed by atoms with van der Waals surface area (Å²) in [5, 5.41) is 9.37. The van der Waals surface area contributed by atoms with Crippen molar-refractivity contribution in [2.24, 2.45) is 0 Å². The number of carbonyl (C=O) groups excluding carboxylic acids is 1. The first kappa shape index (κ1) is 17.4. The van der Waals surface area contributed by atoms with Crippen LogP contribution in [0.15, 0.2) is 54.6 Å². The molecule has 0 aliphatic rings. The topological polar surface area (TPSA) is 84.9 Å². The van der Waals surface area contributed by atoms with Gasteiger partial charge in [0.1, 0.15) is 11.7 Å². The molecule has 2 aromatic carbocycles. The predicted octanol–water partition coefficient (Wildman–Crippen LogP) is 2.08. The van der Waals surface area contributed by atoms with Crippen molar-refractivity contribution in [3.63, 3.8) is 0 Å². The molecule has 0 spiro atoms. The lowest BCUT2D eigenvalue weighted by Gasteiger charge is -2.16. The fourth-order valence-electron chi connectivity index (χ4n) is 2.07. The van der Waals surface area contributed by atoms with Crippen molar-refractivity contribution in [2.45, 2.75) is 12.6 Å². The van der Waals surface area contributed by atoms with Gasteiger partial charge in [-0.15, -0.1) is 0 Å². The van der Waals surface area contributed by atoms with Gasteiger partial charge in [0.15, 0.2) is 6.04 Å². The molecule has 24 heavy (non-hydrogen) atoms. The fourth-order valence-corrected chi connectivity index (χ4v) is 2.07. The molecule has 6 nitrogen and oxygen atoms in total. The van der Waals surface area contributed by atoms with E-state index in [-0.39, 0.29) is 12.2 Å². The molecule has 0 aromatic heterocycles. The van der Waals surface area contributed by atoms with Crippen LogP contribution in [0.1, 0.15) is 11.1 Å². The molecule has 0 aliphatic carbocycles. The van der Waals surface area contributed by atoms with E-state index < -0.39 is 12.0 Å². The third-order valence-electron chi connectivity index (χ3n) is 3.33. The average Bonchev–Trinajstić information content (AvgIpc) is 2.62. The average molecular weight is 327 g/mol. The first-order valence-corrected chi connectivity index (χ1v) is 7.19. The Labute approximate surface area is 139 Å². The number of benzene rings is 2. The molecule has 124 valence electrons. The second-order valence-electron chi connectivity index (χ2n) is 4.91. The maximum atomic E-state index is 11.5. The molecule has 0 radical (unpaired) electrons. The molecule has 0 fully saturated rings. The van der Waals surface area contributed by atoms with Crippen molar-refractivity contribution in [3.05, 3.63) is 65.7 Å². The SMILES string of the molecule is COc1ccc(C(=C=O)[C@H](NOCc2ccccc2)C(=O)O)cc1. The van der Waals surface area contributed by atoms with Crippen LogP contribution in [0.2, 0.25) is 0 Å². The normalized spacial score (nSPS) is 11.4. The third kappa shape index (κ3) is 4.54. The number of methoxy groups -OCH3 is 1. The summed E-state index contributed by atoms with van der Waals surface area (Å²) in [6.07, 6.45) is 0. The van der Waals surface area contributed by atoms with Gasteiger partial charge >= 0.3 is 5.97 Å². The molecule has 6 heteroatoms. The largest absolute Gasteiger partial charge is 0.497 e. The molecular weight excluding hydrogens is 310 g/mol. The first-order valence-electron chi connectivity index (χ1n) is 7.19. The lowest BCUT2D eigenvalue weighted by atomic mass is 10.0. The van der Waals surface area contributed by atoms with Crippen LogP contribution in [0.25, 0.3) is 5.57 Å². The zero-order chi connectivity index (χ0) is 17.4. The van der Waals surface area contributed by atoms with Crippen LogP contribution >= 0.6 is 0 Å². The summed E-state index contributed by atoms with van der Waals surface area (Å²) in [5.74, 6) is 1.05. The fraction of sp³-hybridized carbons (Fsp3) is 0.167. The summed E-state index contributed by atoms with van der Waals surface area (Å²) in [6, 6.07) is 14.4. The highest BCUT2D eigenvalue weighted by atomic mass is 16.6. The van der Waals surface area contributed by atoms with Gasteiger partial charge in [-0.2, -0.15) is 5.48 Å². The van der Waals surface area contributed by atoms with E-state index in [0.29, 0.717) is 11.3 Å². The number of hydroxylamine groups is 1. The Morgan fingerprint density at radius 1 is 1.17 bits per heavy atom. The second kappa shape index (κ2) is 8.64. The van der Waals surface area contributed by atoms with Gasteiger partial charge in [0.2, 0.25) is 0 Å². The summed E-state index contributed by atoms with van der Waals surface area (Å²) >= 11 is 0. The van der Waals surface area contributed by atoms with Crippen LogP contribution in [-0.2, 0) is 21.0 Å². The Bertz CT molecular complexity index is 721. The maximum Gasteiger partial charge on any atom is 0.328 e. The van der Waals surface area contributed by atoms with Gasteiger partial charge in [-0.05, 0) is 23.3 Å². The molecule has 0 bridgehead atoms. The van der Waals surface area contributed by atoms with Gasteiger partial charge in [-0.25, -0.2) is 4.79 Å². The van der Waals surface area contributed by atoms with E-state index in [1.807, 2.05) is 30.3 Å². The number of carbonyl (C=O) groups is 1. The highest BCUT2D eigenvalue weighted by Gasteiger charge is 2.25. The summed E-state index contributed by atoms with van der Waals surface area (Å²) in [6.45, 7) is 0.166. The van der Waals surface area contributed by atoms with Gasteiger partial charge in [0, 0.05) is 0 Å². The minimum atomic E-state index is -1.33. The smallest absolute Gasteiger partial charge is 0.328 e. The molecule has 2 N–H and O–H groups in total. The minimum absolute atomic E-state index is 0.0572. The number of hydrogen-bond acceptors (Lipinski definition) is 5. The van der Waals surface area contributed by atoms with Crippen LogP contribution in [-0.4, -0.2) is 30.2 Å². The number of nitrogens with one attached hydrogen (secondary N) is 1. The van der Waals surface area contributed by atoms with Crippen molar-refractivity contribution >= 4 is 17.5 Å². The van der Waals surface area contributed by atoms with Crippen molar-refractivity contribution < 1.29 is 24.3 Å². The molecular formula is C18H17NO5. The Morgan fingerprint density at radius 3 is 2.38 bits per heavy atom. The Hall–Kier alpha value is -2.92. The van der Waals surface area contributed by atoms with Gasteiger partial charge in [0.25, 0.3) is 0 Å². The van der Waals surface area contributed by atoms with Crippen molar-refractivity contribution in [1.29, 1.82) is 0 Å². The Morgan fingerprint density at radius 2 is 1.83 bits per heavy atom. The standard InChI is InChI=1S/C18H17NO5/c1-23-15-9-7-14(8-10-15)16(11-20)17(18(21)22)19-24-12-13-5-3-2-4-6-13/h2-10,17,19H,12H2,1H3,(H,21,22)/t17-/m0/s1. The monoisotopic (exact) mass is 327 g/mol. The van der Waals surface area contributed by atoms with Crippen LogP contribution in [0, 0.1) is 0 Å². The minimum Gasteiger partial charge on any atom is -0.497 e. The van der Waals surface area contributed by atoms with Gasteiger partial charge < -0.3 is 9.84 Å². The van der Waals surface area contributed by atoms with Crippen molar-refractivity contribution in [2.75, 3.05) is 7.11 Å². The van der Waals surface area contributed by atoms with Crippen LogP contribution < -0.4 is 10.2 Å². The predicted molar refractivity (Wildman–Crippen MR) is 87.9 cm³/mol. The van der Waals surface area contributed by atoms with Crippen LogP contribution in [0.4, 0.5) is 0 Å². The van der Waals surface area contributed by atoms with E-state index >= 15 is 0 Å².